The Labute approximate surface area is 148 Å². The number of hydrogen-bond donors (Lipinski definition) is 3. The van der Waals surface area contributed by atoms with Crippen molar-refractivity contribution in [3.8, 4) is 0 Å². The molecule has 1 saturated heterocycles. The van der Waals surface area contributed by atoms with Crippen LogP contribution < -0.4 is 5.32 Å². The quantitative estimate of drug-likeness (QED) is 0.610. The highest BCUT2D eigenvalue weighted by molar-refractivity contribution is 7.10. The number of hydrogen-bond acceptors (Lipinski definition) is 7. The van der Waals surface area contributed by atoms with Gasteiger partial charge in [-0.25, -0.2) is 4.79 Å². The van der Waals surface area contributed by atoms with E-state index in [2.05, 4.69) is 10.1 Å². The van der Waals surface area contributed by atoms with Crippen molar-refractivity contribution in [2.45, 2.75) is 24.9 Å². The van der Waals surface area contributed by atoms with Crippen LogP contribution in [-0.4, -0.2) is 72.4 Å². The van der Waals surface area contributed by atoms with E-state index >= 15 is 0 Å². The summed E-state index contributed by atoms with van der Waals surface area (Å²) in [5.74, 6) is -2.36. The molecule has 25 heavy (non-hydrogen) atoms. The topological polar surface area (TPSA) is 125 Å². The number of aliphatic carboxylic acids is 1. The largest absolute Gasteiger partial charge is 0.481 e. The van der Waals surface area contributed by atoms with E-state index in [1.165, 1.54) is 23.3 Å². The van der Waals surface area contributed by atoms with E-state index in [1.807, 2.05) is 17.5 Å². The van der Waals surface area contributed by atoms with Gasteiger partial charge in [-0.05, 0) is 11.4 Å². The van der Waals surface area contributed by atoms with E-state index in [1.54, 1.807) is 0 Å². The Kier molecular flexibility index (Phi) is 6.79. The number of carbonyl (C=O) groups is 3. The number of nitrogens with one attached hydrogen (secondary N) is 1. The second kappa shape index (κ2) is 8.83. The lowest BCUT2D eigenvalue weighted by atomic mass is 9.78. The van der Waals surface area contributed by atoms with Gasteiger partial charge in [-0.15, -0.1) is 11.3 Å². The lowest BCUT2D eigenvalue weighted by Crippen LogP contribution is -2.53. The van der Waals surface area contributed by atoms with E-state index in [4.69, 9.17) is 9.76 Å². The number of carbonyl (C=O) groups excluding carboxylic acids is 2. The molecule has 1 aromatic rings. The van der Waals surface area contributed by atoms with Gasteiger partial charge in [0.1, 0.15) is 0 Å². The number of carboxylic acid groups (broad SMARTS) is 1. The molecule has 1 aliphatic rings. The molecule has 1 aromatic heterocycles. The van der Waals surface area contributed by atoms with Crippen LogP contribution in [0.25, 0.3) is 0 Å². The average molecular weight is 370 g/mol. The molecule has 0 radical (unpaired) electrons. The number of amides is 2. The lowest BCUT2D eigenvalue weighted by Gasteiger charge is -2.24. The molecule has 11 heteroatoms. The van der Waals surface area contributed by atoms with E-state index in [0.717, 1.165) is 4.88 Å². The molecule has 2 unspecified atom stereocenters. The van der Waals surface area contributed by atoms with Crippen LogP contribution in [0.4, 0.5) is 4.79 Å². The Morgan fingerprint density at radius 3 is 2.84 bits per heavy atom. The van der Waals surface area contributed by atoms with Gasteiger partial charge in [-0.1, -0.05) is 6.07 Å². The monoisotopic (exact) mass is 370 g/mol. The number of thiophene rings is 1. The summed E-state index contributed by atoms with van der Waals surface area (Å²) in [6.07, 6.45) is -1.85. The van der Waals surface area contributed by atoms with Crippen molar-refractivity contribution in [3.63, 3.8) is 0 Å². The molecular formula is C14H19BN2O7S. The van der Waals surface area contributed by atoms with Gasteiger partial charge in [-0.3, -0.25) is 9.59 Å². The number of rotatable bonds is 5. The molecule has 0 saturated carbocycles. The van der Waals surface area contributed by atoms with Crippen molar-refractivity contribution in [2.24, 2.45) is 0 Å². The van der Waals surface area contributed by atoms with Gasteiger partial charge in [0.05, 0.1) is 32.0 Å². The molecule has 1 fully saturated rings. The van der Waals surface area contributed by atoms with Crippen LogP contribution in [-0.2, 0) is 25.4 Å². The van der Waals surface area contributed by atoms with Gasteiger partial charge >= 0.3 is 19.2 Å². The fraction of sp³-hybridized carbons (Fsp3) is 0.500. The predicted molar refractivity (Wildman–Crippen MR) is 89.0 cm³/mol. The maximum absolute atomic E-state index is 12.1. The summed E-state index contributed by atoms with van der Waals surface area (Å²) < 4.78 is 9.97. The second-order valence-electron chi connectivity index (χ2n) is 5.55. The van der Waals surface area contributed by atoms with E-state index in [9.17, 15) is 19.4 Å². The minimum atomic E-state index is -1.44. The Balaban J connectivity index is 2.05. The van der Waals surface area contributed by atoms with E-state index < -0.39 is 31.2 Å². The SMILES string of the molecule is COC(=O)N1CC(CC(=O)O)OB(O)C(NC(=O)Cc2cccs2)C1. The Bertz CT molecular complexity index is 612. The number of nitrogens with zero attached hydrogens (tertiary/aromatic N) is 1. The molecule has 3 N–H and O–H groups in total. The molecule has 2 atom stereocenters. The highest BCUT2D eigenvalue weighted by Gasteiger charge is 2.39. The number of methoxy groups -OCH3 is 1. The van der Waals surface area contributed by atoms with Crippen molar-refractivity contribution < 1.29 is 33.9 Å². The molecule has 2 rings (SSSR count). The first-order valence-corrected chi connectivity index (χ1v) is 8.47. The van der Waals surface area contributed by atoms with Gasteiger partial charge in [0.15, 0.2) is 0 Å². The third kappa shape index (κ3) is 5.73. The van der Waals surface area contributed by atoms with Crippen LogP contribution in [0.15, 0.2) is 17.5 Å². The molecule has 2 amide bonds. The normalized spacial score (nSPS) is 20.7. The maximum Gasteiger partial charge on any atom is 0.480 e. The predicted octanol–water partition coefficient (Wildman–Crippen LogP) is -0.263. The second-order valence-corrected chi connectivity index (χ2v) is 6.58. The first-order chi connectivity index (χ1) is 11.9. The zero-order valence-corrected chi connectivity index (χ0v) is 14.4. The summed E-state index contributed by atoms with van der Waals surface area (Å²) in [6.45, 7) is -0.118. The summed E-state index contributed by atoms with van der Waals surface area (Å²) in [5.41, 5.74) is 0. The molecule has 136 valence electrons. The van der Waals surface area contributed by atoms with Gasteiger partial charge in [0.2, 0.25) is 5.91 Å². The molecular weight excluding hydrogens is 351 g/mol. The van der Waals surface area contributed by atoms with Gasteiger partial charge in [0.25, 0.3) is 0 Å². The van der Waals surface area contributed by atoms with Crippen molar-refractivity contribution in [1.29, 1.82) is 0 Å². The van der Waals surface area contributed by atoms with Crippen molar-refractivity contribution in [3.05, 3.63) is 22.4 Å². The maximum atomic E-state index is 12.1. The smallest absolute Gasteiger partial charge is 0.480 e. The fourth-order valence-electron chi connectivity index (χ4n) is 2.51. The molecule has 0 aliphatic carbocycles. The van der Waals surface area contributed by atoms with Crippen LogP contribution in [0.1, 0.15) is 11.3 Å². The van der Waals surface area contributed by atoms with Crippen LogP contribution >= 0.6 is 11.3 Å². The van der Waals surface area contributed by atoms with Crippen molar-refractivity contribution in [2.75, 3.05) is 20.2 Å². The Morgan fingerprint density at radius 2 is 2.24 bits per heavy atom. The van der Waals surface area contributed by atoms with Crippen LogP contribution in [0.3, 0.4) is 0 Å². The van der Waals surface area contributed by atoms with Crippen LogP contribution in [0.2, 0.25) is 0 Å². The number of carboxylic acids is 1. The Hall–Kier alpha value is -2.11. The van der Waals surface area contributed by atoms with E-state index in [0.29, 0.717) is 0 Å². The standard InChI is InChI=1S/C14H19BN2O7S/c1-23-14(21)17-7-9(5-13(19)20)24-15(22)11(8-17)16-12(18)6-10-3-2-4-25-10/h2-4,9,11,22H,5-8H2,1H3,(H,16,18)(H,19,20). The summed E-state index contributed by atoms with van der Waals surface area (Å²) in [5, 5.41) is 23.6. The summed E-state index contributed by atoms with van der Waals surface area (Å²) >= 11 is 1.43. The van der Waals surface area contributed by atoms with Crippen molar-refractivity contribution >= 4 is 36.4 Å². The van der Waals surface area contributed by atoms with Crippen LogP contribution in [0, 0.1) is 0 Å². The molecule has 0 spiro atoms. The first-order valence-electron chi connectivity index (χ1n) is 7.59. The zero-order chi connectivity index (χ0) is 18.4. The minimum absolute atomic E-state index is 0.0554. The molecule has 2 heterocycles. The number of ether oxygens (including phenoxy) is 1. The van der Waals surface area contributed by atoms with Gasteiger partial charge in [0, 0.05) is 18.0 Å². The molecule has 1 aliphatic heterocycles. The summed E-state index contributed by atoms with van der Waals surface area (Å²) in [7, 11) is -0.243. The fourth-order valence-corrected chi connectivity index (χ4v) is 3.22. The van der Waals surface area contributed by atoms with Crippen LogP contribution in [0.5, 0.6) is 0 Å². The molecule has 0 aromatic carbocycles. The molecule has 0 bridgehead atoms. The third-order valence-electron chi connectivity index (χ3n) is 3.61. The van der Waals surface area contributed by atoms with Crippen molar-refractivity contribution in [1.82, 2.24) is 10.2 Å². The summed E-state index contributed by atoms with van der Waals surface area (Å²) in [6, 6.07) is 3.64. The van der Waals surface area contributed by atoms with Gasteiger partial charge in [-0.2, -0.15) is 0 Å². The van der Waals surface area contributed by atoms with E-state index in [-0.39, 0.29) is 31.8 Å². The van der Waals surface area contributed by atoms with Gasteiger partial charge < -0.3 is 29.7 Å². The minimum Gasteiger partial charge on any atom is -0.481 e. The summed E-state index contributed by atoms with van der Waals surface area (Å²) in [4.78, 5) is 37.0. The molecule has 9 nitrogen and oxygen atoms in total. The zero-order valence-electron chi connectivity index (χ0n) is 13.6. The highest BCUT2D eigenvalue weighted by Crippen LogP contribution is 2.14. The average Bonchev–Trinajstić information content (AvgIpc) is 2.99. The lowest BCUT2D eigenvalue weighted by molar-refractivity contribution is -0.139. The highest BCUT2D eigenvalue weighted by atomic mass is 32.1. The Morgan fingerprint density at radius 1 is 1.48 bits per heavy atom. The first kappa shape index (κ1) is 19.2. The third-order valence-corrected chi connectivity index (χ3v) is 4.49.